The highest BCUT2D eigenvalue weighted by Crippen LogP contribution is 2.20. The number of urea groups is 1. The minimum Gasteiger partial charge on any atom is -0.469 e. The number of piperidine rings is 1. The van der Waals surface area contributed by atoms with Gasteiger partial charge in [0.2, 0.25) is 0 Å². The summed E-state index contributed by atoms with van der Waals surface area (Å²) in [7, 11) is 1.41. The third-order valence-electron chi connectivity index (χ3n) is 4.12. The van der Waals surface area contributed by atoms with Crippen LogP contribution in [0.15, 0.2) is 30.3 Å². The lowest BCUT2D eigenvalue weighted by molar-refractivity contribution is -0.142. The van der Waals surface area contributed by atoms with Crippen LogP contribution in [0, 0.1) is 5.92 Å². The second-order valence-corrected chi connectivity index (χ2v) is 5.68. The number of carbonyl (C=O) groups excluding carboxylic acids is 2. The molecule has 1 aliphatic rings. The Morgan fingerprint density at radius 2 is 1.91 bits per heavy atom. The Morgan fingerprint density at radius 1 is 1.23 bits per heavy atom. The largest absolute Gasteiger partial charge is 0.469 e. The normalized spacial score (nSPS) is 15.4. The van der Waals surface area contributed by atoms with Crippen molar-refractivity contribution in [2.75, 3.05) is 26.7 Å². The molecule has 5 heteroatoms. The van der Waals surface area contributed by atoms with E-state index in [2.05, 4.69) is 17.4 Å². The smallest absolute Gasteiger partial charge is 0.317 e. The Balaban J connectivity index is 1.66. The monoisotopic (exact) mass is 304 g/mol. The number of esters is 1. The van der Waals surface area contributed by atoms with Gasteiger partial charge in [0.25, 0.3) is 0 Å². The lowest BCUT2D eigenvalue weighted by Gasteiger charge is -2.31. The summed E-state index contributed by atoms with van der Waals surface area (Å²) in [5.74, 6) is 0.173. The summed E-state index contributed by atoms with van der Waals surface area (Å²) in [6.45, 7) is 2.06. The highest BCUT2D eigenvalue weighted by Gasteiger charge is 2.24. The number of benzene rings is 1. The van der Waals surface area contributed by atoms with E-state index < -0.39 is 0 Å². The molecule has 1 aliphatic heterocycles. The minimum absolute atomic E-state index is 0.00699. The van der Waals surface area contributed by atoms with Gasteiger partial charge in [-0.2, -0.15) is 0 Å². The van der Waals surface area contributed by atoms with Crippen molar-refractivity contribution >= 4 is 12.0 Å². The van der Waals surface area contributed by atoms with Crippen molar-refractivity contribution < 1.29 is 14.3 Å². The highest BCUT2D eigenvalue weighted by atomic mass is 16.5. The van der Waals surface area contributed by atoms with E-state index in [9.17, 15) is 9.59 Å². The maximum atomic E-state index is 12.1. The first-order chi connectivity index (χ1) is 10.7. The number of amides is 2. The molecule has 1 saturated heterocycles. The molecule has 22 heavy (non-hydrogen) atoms. The first kappa shape index (κ1) is 16.3. The second-order valence-electron chi connectivity index (χ2n) is 5.68. The fourth-order valence-corrected chi connectivity index (χ4v) is 2.73. The highest BCUT2D eigenvalue weighted by molar-refractivity contribution is 5.74. The van der Waals surface area contributed by atoms with E-state index in [0.29, 0.717) is 32.0 Å². The molecule has 0 unspecified atom stereocenters. The van der Waals surface area contributed by atoms with Gasteiger partial charge in [-0.3, -0.25) is 4.79 Å². The van der Waals surface area contributed by atoms with Crippen LogP contribution in [0.2, 0.25) is 0 Å². The molecule has 0 bridgehead atoms. The third-order valence-corrected chi connectivity index (χ3v) is 4.12. The lowest BCUT2D eigenvalue weighted by atomic mass is 9.94. The number of rotatable bonds is 5. The third kappa shape index (κ3) is 5.06. The van der Waals surface area contributed by atoms with Gasteiger partial charge < -0.3 is 15.0 Å². The van der Waals surface area contributed by atoms with Gasteiger partial charge in [-0.1, -0.05) is 30.3 Å². The van der Waals surface area contributed by atoms with Crippen molar-refractivity contribution in [3.8, 4) is 0 Å². The summed E-state index contributed by atoms with van der Waals surface area (Å²) in [6.07, 6.45) is 3.02. The van der Waals surface area contributed by atoms with Gasteiger partial charge in [0.15, 0.2) is 0 Å². The Hall–Kier alpha value is -2.04. The SMILES string of the molecule is COC(=O)CC1CCN(C(=O)NCCc2ccccc2)CC1. The molecular weight excluding hydrogens is 280 g/mol. The van der Waals surface area contributed by atoms with Gasteiger partial charge in [0.05, 0.1) is 7.11 Å². The van der Waals surface area contributed by atoms with E-state index in [1.807, 2.05) is 23.1 Å². The standard InChI is InChI=1S/C17H24N2O3/c1-22-16(20)13-15-8-11-19(12-9-15)17(21)18-10-7-14-5-3-2-4-6-14/h2-6,15H,7-13H2,1H3,(H,18,21). The number of hydrogen-bond acceptors (Lipinski definition) is 3. The summed E-state index contributed by atoms with van der Waals surface area (Å²) >= 11 is 0. The summed E-state index contributed by atoms with van der Waals surface area (Å²) in [4.78, 5) is 25.2. The molecule has 1 aromatic rings. The predicted molar refractivity (Wildman–Crippen MR) is 84.5 cm³/mol. The average molecular weight is 304 g/mol. The lowest BCUT2D eigenvalue weighted by Crippen LogP contribution is -2.45. The zero-order valence-corrected chi connectivity index (χ0v) is 13.1. The topological polar surface area (TPSA) is 58.6 Å². The van der Waals surface area contributed by atoms with Gasteiger partial charge in [-0.15, -0.1) is 0 Å². The Morgan fingerprint density at radius 3 is 2.55 bits per heavy atom. The van der Waals surface area contributed by atoms with E-state index in [-0.39, 0.29) is 12.0 Å². The molecule has 0 radical (unpaired) electrons. The van der Waals surface area contributed by atoms with E-state index >= 15 is 0 Å². The van der Waals surface area contributed by atoms with Crippen molar-refractivity contribution in [2.24, 2.45) is 5.92 Å². The van der Waals surface area contributed by atoms with Crippen LogP contribution in [-0.2, 0) is 16.0 Å². The van der Waals surface area contributed by atoms with Gasteiger partial charge in [0, 0.05) is 26.1 Å². The summed E-state index contributed by atoms with van der Waals surface area (Å²) in [5, 5.41) is 2.96. The number of methoxy groups -OCH3 is 1. The Kier molecular flexibility index (Phi) is 6.25. The van der Waals surface area contributed by atoms with Crippen LogP contribution in [0.1, 0.15) is 24.8 Å². The minimum atomic E-state index is -0.161. The van der Waals surface area contributed by atoms with Crippen molar-refractivity contribution in [1.29, 1.82) is 0 Å². The average Bonchev–Trinajstić information content (AvgIpc) is 2.56. The zero-order chi connectivity index (χ0) is 15.8. The Labute approximate surface area is 131 Å². The van der Waals surface area contributed by atoms with E-state index in [0.717, 1.165) is 19.3 Å². The summed E-state index contributed by atoms with van der Waals surface area (Å²) in [6, 6.07) is 10.1. The zero-order valence-electron chi connectivity index (χ0n) is 13.1. The van der Waals surface area contributed by atoms with Crippen molar-refractivity contribution in [3.63, 3.8) is 0 Å². The molecule has 0 spiro atoms. The molecule has 2 amide bonds. The second kappa shape index (κ2) is 8.41. The number of carbonyl (C=O) groups is 2. The maximum absolute atomic E-state index is 12.1. The van der Waals surface area contributed by atoms with Crippen molar-refractivity contribution in [1.82, 2.24) is 10.2 Å². The van der Waals surface area contributed by atoms with Crippen LogP contribution >= 0.6 is 0 Å². The number of nitrogens with one attached hydrogen (secondary N) is 1. The van der Waals surface area contributed by atoms with Gasteiger partial charge in [0.1, 0.15) is 0 Å². The number of hydrogen-bond donors (Lipinski definition) is 1. The first-order valence-corrected chi connectivity index (χ1v) is 7.82. The van der Waals surface area contributed by atoms with Crippen LogP contribution in [0.25, 0.3) is 0 Å². The summed E-state index contributed by atoms with van der Waals surface area (Å²) in [5.41, 5.74) is 1.22. The molecule has 5 nitrogen and oxygen atoms in total. The number of ether oxygens (including phenoxy) is 1. The molecule has 1 fully saturated rings. The molecule has 2 rings (SSSR count). The first-order valence-electron chi connectivity index (χ1n) is 7.82. The molecule has 0 aliphatic carbocycles. The van der Waals surface area contributed by atoms with Crippen molar-refractivity contribution in [2.45, 2.75) is 25.7 Å². The van der Waals surface area contributed by atoms with Gasteiger partial charge in [-0.25, -0.2) is 4.79 Å². The molecule has 1 aromatic carbocycles. The van der Waals surface area contributed by atoms with Crippen LogP contribution in [0.3, 0.4) is 0 Å². The van der Waals surface area contributed by atoms with Gasteiger partial charge in [-0.05, 0) is 30.7 Å². The summed E-state index contributed by atoms with van der Waals surface area (Å²) < 4.78 is 4.69. The predicted octanol–water partition coefficient (Wildman–Crippen LogP) is 2.21. The van der Waals surface area contributed by atoms with Crippen LogP contribution in [0.5, 0.6) is 0 Å². The molecular formula is C17H24N2O3. The van der Waals surface area contributed by atoms with E-state index in [1.54, 1.807) is 0 Å². The van der Waals surface area contributed by atoms with E-state index in [4.69, 9.17) is 4.74 Å². The van der Waals surface area contributed by atoms with Gasteiger partial charge >= 0.3 is 12.0 Å². The fraction of sp³-hybridized carbons (Fsp3) is 0.529. The maximum Gasteiger partial charge on any atom is 0.317 e. The van der Waals surface area contributed by atoms with Crippen LogP contribution < -0.4 is 5.32 Å². The number of likely N-dealkylation sites (tertiary alicyclic amines) is 1. The fourth-order valence-electron chi connectivity index (χ4n) is 2.73. The molecule has 1 heterocycles. The van der Waals surface area contributed by atoms with E-state index in [1.165, 1.54) is 12.7 Å². The Bertz CT molecular complexity index is 482. The van der Waals surface area contributed by atoms with Crippen molar-refractivity contribution in [3.05, 3.63) is 35.9 Å². The molecule has 120 valence electrons. The molecule has 0 saturated carbocycles. The molecule has 0 aromatic heterocycles. The quantitative estimate of drug-likeness (QED) is 0.849. The van der Waals surface area contributed by atoms with Crippen LogP contribution in [-0.4, -0.2) is 43.6 Å². The molecule has 0 atom stereocenters. The van der Waals surface area contributed by atoms with Crippen LogP contribution in [0.4, 0.5) is 4.79 Å². The molecule has 1 N–H and O–H groups in total. The number of nitrogens with zero attached hydrogens (tertiary/aromatic N) is 1.